The Morgan fingerprint density at radius 2 is 0.458 bits per heavy atom. The van der Waals surface area contributed by atoms with Gasteiger partial charge in [-0.1, -0.05) is 0 Å². The van der Waals surface area contributed by atoms with Gasteiger partial charge in [0.2, 0.25) is 0 Å². The maximum absolute atomic E-state index is 7.17. The van der Waals surface area contributed by atoms with E-state index in [1.165, 1.54) is 0 Å². The predicted octanol–water partition coefficient (Wildman–Crippen LogP) is -12.7. The lowest BCUT2D eigenvalue weighted by molar-refractivity contribution is 0.276. The highest BCUT2D eigenvalue weighted by Gasteiger charge is 1.93. The number of rotatable bonds is 0. The van der Waals surface area contributed by atoms with Crippen molar-refractivity contribution in [2.75, 3.05) is 0 Å². The number of hydrogen-bond donors (Lipinski definition) is 15. The molecule has 25 N–H and O–H groups in total. The Morgan fingerprint density at radius 1 is 0.458 bits per heavy atom. The molecule has 0 aliphatic heterocycles. The van der Waals surface area contributed by atoms with E-state index in [0.29, 0.717) is 0 Å². The van der Waals surface area contributed by atoms with Crippen molar-refractivity contribution in [1.29, 1.82) is 5.41 Å². The van der Waals surface area contributed by atoms with Crippen LogP contribution in [-0.4, -0.2) is 117 Å². The van der Waals surface area contributed by atoms with Gasteiger partial charge in [0, 0.05) is 0 Å². The molecule has 0 saturated carbocycles. The molecule has 0 saturated heterocycles. The van der Waals surface area contributed by atoms with Gasteiger partial charge in [0.15, 0.2) is 5.96 Å². The zero-order valence-electron chi connectivity index (χ0n) is 11.8. The van der Waals surface area contributed by atoms with Crippen molar-refractivity contribution in [2.45, 2.75) is 0 Å². The Hall–Kier alpha value is -1.11. The molecule has 19 nitrogen and oxygen atoms in total. The van der Waals surface area contributed by atoms with E-state index in [4.69, 9.17) is 65.7 Å². The van der Waals surface area contributed by atoms with Gasteiger partial charge in [-0.15, -0.1) is 0 Å². The van der Waals surface area contributed by atoms with E-state index in [1.807, 2.05) is 0 Å². The first-order valence-electron chi connectivity index (χ1n) is 3.93. The lowest BCUT2D eigenvalue weighted by Gasteiger charge is -1.69. The summed E-state index contributed by atoms with van der Waals surface area (Å²) in [6, 6.07) is 0. The monoisotopic (exact) mass is 379 g/mol. The third kappa shape index (κ3) is 6700. The van der Waals surface area contributed by atoms with Crippen molar-refractivity contribution in [1.82, 2.24) is 0 Å². The first-order chi connectivity index (χ1) is 8.66. The molecule has 0 aromatic carbocycles. The topological polar surface area (TPSA) is 445 Å². The second kappa shape index (κ2) is 49.5. The molecule has 0 aliphatic rings. The number of nitrogens with two attached hydrogens (primary N) is 2. The van der Waals surface area contributed by atoms with E-state index in [0.717, 1.165) is 0 Å². The minimum absolute atomic E-state index is 0. The van der Waals surface area contributed by atoms with Gasteiger partial charge >= 0.3 is 29.3 Å². The van der Waals surface area contributed by atoms with Gasteiger partial charge in [0.1, 0.15) is 0 Å². The molecule has 0 atom stereocenters. The van der Waals surface area contributed by atoms with Gasteiger partial charge < -0.3 is 93.7 Å². The van der Waals surface area contributed by atoms with E-state index in [1.54, 1.807) is 0 Å². The summed E-state index contributed by atoms with van der Waals surface area (Å²) in [5, 5.41) is 92.1. The van der Waals surface area contributed by atoms with Gasteiger partial charge in [-0.2, -0.15) is 0 Å². The minimum Gasteiger partial charge on any atom is -0.412 e. The second-order valence-corrected chi connectivity index (χ2v) is 1.84. The zero-order valence-corrected chi connectivity index (χ0v) is 11.8. The third-order valence-corrected chi connectivity index (χ3v) is 0. The predicted molar refractivity (Wildman–Crippen MR) is 80.2 cm³/mol. The van der Waals surface area contributed by atoms with Crippen molar-refractivity contribution in [3.8, 4) is 0 Å². The highest BCUT2D eigenvalue weighted by molar-refractivity contribution is 6.31. The summed E-state index contributed by atoms with van der Waals surface area (Å²) in [6.45, 7) is 0. The third-order valence-electron chi connectivity index (χ3n) is 0. The fourth-order valence-electron chi connectivity index (χ4n) is 0. The summed E-state index contributed by atoms with van der Waals surface area (Å²) in [5.74, 6) is -0.333. The Morgan fingerprint density at radius 3 is 0.458 bits per heavy atom. The summed E-state index contributed by atoms with van der Waals surface area (Å²) in [7, 11) is -8.67. The van der Waals surface area contributed by atoms with Crippen LogP contribution in [0.5, 0.6) is 0 Å². The van der Waals surface area contributed by atoms with Gasteiger partial charge in [0.05, 0.1) is 0 Å². The van der Waals surface area contributed by atoms with Gasteiger partial charge in [-0.25, -0.2) is 0 Å². The fraction of sp³-hybridized carbons (Fsp3) is 0. The first-order valence-corrected chi connectivity index (χ1v) is 3.93. The van der Waals surface area contributed by atoms with Crippen molar-refractivity contribution in [2.24, 2.45) is 11.5 Å². The maximum atomic E-state index is 7.17. The van der Waals surface area contributed by atoms with Crippen LogP contribution in [0.25, 0.3) is 0 Å². The van der Waals surface area contributed by atoms with Crippen LogP contribution in [0.4, 0.5) is 0 Å². The molecule has 0 heterocycles. The molecule has 0 aromatic heterocycles. The van der Waals surface area contributed by atoms with Crippen LogP contribution < -0.4 is 11.5 Å². The standard InChI is InChI=1S/CH5N3.4BH3O3.4H2O/c5*2-1(3)4;;;;/h(H5,2,3,4);4*2-4H;4*1H2. The summed E-state index contributed by atoms with van der Waals surface area (Å²) in [6.07, 6.45) is 0. The van der Waals surface area contributed by atoms with Crippen LogP contribution in [0, 0.1) is 5.41 Å². The molecule has 0 bridgehead atoms. The average Bonchev–Trinajstić information content (AvgIpc) is 1.94. The highest BCUT2D eigenvalue weighted by Crippen LogP contribution is 1.41. The van der Waals surface area contributed by atoms with Crippen molar-refractivity contribution in [3.63, 3.8) is 0 Å². The van der Waals surface area contributed by atoms with Crippen LogP contribution in [0.1, 0.15) is 0 Å². The number of guanidine groups is 1. The van der Waals surface area contributed by atoms with Gasteiger partial charge in [-0.3, -0.25) is 5.41 Å². The summed E-state index contributed by atoms with van der Waals surface area (Å²) < 4.78 is 0. The molecule has 0 amide bonds. The molecule has 0 fully saturated rings. The van der Waals surface area contributed by atoms with Crippen molar-refractivity contribution < 1.29 is 82.2 Å². The first kappa shape index (κ1) is 56.9. The molecule has 0 radical (unpaired) electrons. The van der Waals surface area contributed by atoms with E-state index in [9.17, 15) is 0 Å². The Bertz CT molecular complexity index is 132. The molecule has 0 aliphatic carbocycles. The van der Waals surface area contributed by atoms with E-state index in [-0.39, 0.29) is 27.9 Å². The Kier molecular flexibility index (Phi) is 117. The van der Waals surface area contributed by atoms with Crippen LogP contribution in [0.3, 0.4) is 0 Å². The van der Waals surface area contributed by atoms with E-state index in [2.05, 4.69) is 11.5 Å². The quantitative estimate of drug-likeness (QED) is 0.106. The SMILES string of the molecule is N=C(N)N.O.O.O.O.OB(O)O.OB(O)O.OB(O)O.OB(O)O. The minimum atomic E-state index is -2.17. The van der Waals surface area contributed by atoms with Crippen molar-refractivity contribution in [3.05, 3.63) is 0 Å². The van der Waals surface area contributed by atoms with Crippen LogP contribution >= 0.6 is 0 Å². The largest absolute Gasteiger partial charge is 0.631 e. The second-order valence-electron chi connectivity index (χ2n) is 1.84. The van der Waals surface area contributed by atoms with E-state index >= 15 is 0 Å². The fourth-order valence-corrected chi connectivity index (χ4v) is 0. The molecule has 152 valence electrons. The summed E-state index contributed by atoms with van der Waals surface area (Å²) in [4.78, 5) is 0. The molecule has 0 unspecified atom stereocenters. The van der Waals surface area contributed by atoms with Gasteiger partial charge in [-0.05, 0) is 0 Å². The molecule has 24 heavy (non-hydrogen) atoms. The molecule has 23 heteroatoms. The zero-order chi connectivity index (χ0) is 17.9. The lowest BCUT2D eigenvalue weighted by Crippen LogP contribution is -2.20. The molecule has 0 aromatic rings. The number of hydrogen-bond acceptors (Lipinski definition) is 13. The number of nitrogens with one attached hydrogen (secondary N) is 1. The maximum Gasteiger partial charge on any atom is 0.631 e. The molecule has 0 rings (SSSR count). The Balaban J connectivity index is -0.0000000161. The van der Waals surface area contributed by atoms with Crippen LogP contribution in [0.2, 0.25) is 0 Å². The molecule has 0 spiro atoms. The molecular formula is CH25B4N3O16. The lowest BCUT2D eigenvalue weighted by atomic mass is 10.3. The Labute approximate surface area is 135 Å². The smallest absolute Gasteiger partial charge is 0.412 e. The highest BCUT2D eigenvalue weighted by atomic mass is 16.5. The summed E-state index contributed by atoms with van der Waals surface area (Å²) in [5.41, 5.74) is 8.94. The van der Waals surface area contributed by atoms with Crippen molar-refractivity contribution >= 4 is 35.2 Å². The summed E-state index contributed by atoms with van der Waals surface area (Å²) >= 11 is 0. The van der Waals surface area contributed by atoms with Crippen LogP contribution in [0.15, 0.2) is 0 Å². The van der Waals surface area contributed by atoms with Crippen LogP contribution in [-0.2, 0) is 0 Å². The normalized spacial score (nSPS) is 5.50. The van der Waals surface area contributed by atoms with Gasteiger partial charge in [0.25, 0.3) is 0 Å². The van der Waals surface area contributed by atoms with E-state index < -0.39 is 29.3 Å². The average molecular weight is 378 g/mol. The molecular weight excluding hydrogens is 353 g/mol.